The van der Waals surface area contributed by atoms with E-state index in [1.54, 1.807) is 5.56 Å². The Labute approximate surface area is 137 Å². The van der Waals surface area contributed by atoms with Crippen LogP contribution in [0.15, 0.2) is 18.2 Å². The first kappa shape index (κ1) is 17.5. The molecule has 0 spiro atoms. The lowest BCUT2D eigenvalue weighted by Crippen LogP contribution is -2.42. The smallest absolute Gasteiger partial charge is 0.0591 e. The van der Waals surface area contributed by atoms with Crippen molar-refractivity contribution in [1.82, 2.24) is 0 Å². The van der Waals surface area contributed by atoms with Crippen LogP contribution in [0.1, 0.15) is 84.9 Å². The summed E-state index contributed by atoms with van der Waals surface area (Å²) in [7, 11) is 0. The Hall–Kier alpha value is -0.820. The van der Waals surface area contributed by atoms with Crippen molar-refractivity contribution >= 4 is 0 Å². The Morgan fingerprint density at radius 1 is 0.955 bits per heavy atom. The van der Waals surface area contributed by atoms with Crippen molar-refractivity contribution in [2.24, 2.45) is 5.41 Å². The highest BCUT2D eigenvalue weighted by Gasteiger charge is 2.57. The van der Waals surface area contributed by atoms with Crippen LogP contribution in [0, 0.1) is 5.41 Å². The highest BCUT2D eigenvalue weighted by molar-refractivity contribution is 5.52. The van der Waals surface area contributed by atoms with Crippen molar-refractivity contribution in [1.29, 1.82) is 0 Å². The van der Waals surface area contributed by atoms with Crippen molar-refractivity contribution in [2.75, 3.05) is 0 Å². The van der Waals surface area contributed by atoms with E-state index >= 15 is 0 Å². The Bertz CT molecular complexity index is 556. The minimum absolute atomic E-state index is 0.164. The molecule has 0 heterocycles. The zero-order valence-corrected chi connectivity index (χ0v) is 15.8. The maximum absolute atomic E-state index is 9.96. The average Bonchev–Trinajstić information content (AvgIpc) is 2.45. The molecule has 0 radical (unpaired) electrons. The van der Waals surface area contributed by atoms with E-state index in [0.717, 1.165) is 19.3 Å². The molecule has 0 amide bonds. The topological polar surface area (TPSA) is 20.2 Å². The third kappa shape index (κ3) is 2.52. The summed E-state index contributed by atoms with van der Waals surface area (Å²) in [6, 6.07) is 6.84. The van der Waals surface area contributed by atoms with E-state index < -0.39 is 5.60 Å². The summed E-state index contributed by atoms with van der Waals surface area (Å²) in [5.41, 5.74) is 4.55. The lowest BCUT2D eigenvalue weighted by atomic mass is 9.59. The fourth-order valence-electron chi connectivity index (χ4n) is 4.21. The standard InChI is InChI=1S/C21H34O/c1-18(2,22)14-10-12-15-11-9-13-16-17(15)20(5,6)21(7,8)19(16,3)4/h9,11,13,22H,10,12,14H2,1-8H3. The second kappa shape index (κ2) is 5.09. The highest BCUT2D eigenvalue weighted by Crippen LogP contribution is 2.62. The first-order valence-corrected chi connectivity index (χ1v) is 8.67. The first-order chi connectivity index (χ1) is 9.82. The van der Waals surface area contributed by atoms with Gasteiger partial charge in [-0.25, -0.2) is 0 Å². The van der Waals surface area contributed by atoms with E-state index in [1.807, 2.05) is 13.8 Å². The molecule has 22 heavy (non-hydrogen) atoms. The SMILES string of the molecule is CC(C)(O)CCCc1cccc2c1C(C)(C)C(C)(C)C2(C)C. The molecule has 0 aliphatic heterocycles. The third-order valence-corrected chi connectivity index (χ3v) is 6.81. The van der Waals surface area contributed by atoms with Gasteiger partial charge in [-0.3, -0.25) is 0 Å². The molecule has 0 aromatic heterocycles. The summed E-state index contributed by atoms with van der Waals surface area (Å²) < 4.78 is 0. The molecule has 1 aliphatic rings. The van der Waals surface area contributed by atoms with Crippen LogP contribution in [0.2, 0.25) is 0 Å². The minimum atomic E-state index is -0.563. The van der Waals surface area contributed by atoms with Crippen LogP contribution in [0.5, 0.6) is 0 Å². The normalized spacial score (nSPS) is 21.7. The van der Waals surface area contributed by atoms with Crippen molar-refractivity contribution in [3.63, 3.8) is 0 Å². The summed E-state index contributed by atoms with van der Waals surface area (Å²) in [6.07, 6.45) is 2.95. The van der Waals surface area contributed by atoms with Gasteiger partial charge in [0.1, 0.15) is 0 Å². The molecule has 0 bridgehead atoms. The molecule has 1 aromatic rings. The second-order valence-corrected chi connectivity index (χ2v) is 9.38. The summed E-state index contributed by atoms with van der Waals surface area (Å²) >= 11 is 0. The summed E-state index contributed by atoms with van der Waals surface area (Å²) in [5.74, 6) is 0. The minimum Gasteiger partial charge on any atom is -0.390 e. The molecule has 1 aliphatic carbocycles. The lowest BCUT2D eigenvalue weighted by molar-refractivity contribution is 0.0689. The molecule has 1 nitrogen and oxygen atoms in total. The summed E-state index contributed by atoms with van der Waals surface area (Å²) in [4.78, 5) is 0. The fraction of sp³-hybridized carbons (Fsp3) is 0.714. The maximum Gasteiger partial charge on any atom is 0.0591 e. The summed E-state index contributed by atoms with van der Waals surface area (Å²) in [6.45, 7) is 18.2. The van der Waals surface area contributed by atoms with Gasteiger partial charge in [-0.2, -0.15) is 0 Å². The molecule has 1 N–H and O–H groups in total. The molecule has 0 unspecified atom stereocenters. The Kier molecular flexibility index (Phi) is 4.06. The quantitative estimate of drug-likeness (QED) is 0.792. The highest BCUT2D eigenvalue weighted by atomic mass is 16.3. The van der Waals surface area contributed by atoms with Crippen molar-refractivity contribution in [3.05, 3.63) is 34.9 Å². The number of benzene rings is 1. The van der Waals surface area contributed by atoms with Gasteiger partial charge in [0.05, 0.1) is 5.60 Å². The van der Waals surface area contributed by atoms with Gasteiger partial charge >= 0.3 is 0 Å². The van der Waals surface area contributed by atoms with Gasteiger partial charge in [-0.05, 0) is 66.0 Å². The van der Waals surface area contributed by atoms with E-state index in [2.05, 4.69) is 59.7 Å². The van der Waals surface area contributed by atoms with E-state index in [4.69, 9.17) is 0 Å². The van der Waals surface area contributed by atoms with E-state index in [0.29, 0.717) is 0 Å². The van der Waals surface area contributed by atoms with Crippen LogP contribution in [0.4, 0.5) is 0 Å². The van der Waals surface area contributed by atoms with Crippen LogP contribution >= 0.6 is 0 Å². The second-order valence-electron chi connectivity index (χ2n) is 9.38. The molecular weight excluding hydrogens is 268 g/mol. The molecule has 0 saturated carbocycles. The number of rotatable bonds is 4. The predicted octanol–water partition coefficient (Wildman–Crippen LogP) is 5.38. The molecule has 124 valence electrons. The predicted molar refractivity (Wildman–Crippen MR) is 95.5 cm³/mol. The van der Waals surface area contributed by atoms with Crippen LogP contribution in [0.3, 0.4) is 0 Å². The first-order valence-electron chi connectivity index (χ1n) is 8.67. The zero-order valence-electron chi connectivity index (χ0n) is 15.8. The Morgan fingerprint density at radius 3 is 2.09 bits per heavy atom. The van der Waals surface area contributed by atoms with Gasteiger partial charge in [0.25, 0.3) is 0 Å². The van der Waals surface area contributed by atoms with Crippen molar-refractivity contribution in [2.45, 2.75) is 91.1 Å². The number of aliphatic hydroxyl groups is 1. The van der Waals surface area contributed by atoms with Gasteiger partial charge in [0, 0.05) is 0 Å². The molecule has 0 saturated heterocycles. The van der Waals surface area contributed by atoms with E-state index in [-0.39, 0.29) is 16.2 Å². The molecule has 2 rings (SSSR count). The monoisotopic (exact) mass is 302 g/mol. The lowest BCUT2D eigenvalue weighted by Gasteiger charge is -2.44. The van der Waals surface area contributed by atoms with Crippen LogP contribution in [-0.2, 0) is 17.3 Å². The molecular formula is C21H34O. The van der Waals surface area contributed by atoms with Gasteiger partial charge < -0.3 is 5.11 Å². The third-order valence-electron chi connectivity index (χ3n) is 6.81. The van der Waals surface area contributed by atoms with Gasteiger partial charge in [0.15, 0.2) is 0 Å². The van der Waals surface area contributed by atoms with Crippen molar-refractivity contribution in [3.8, 4) is 0 Å². The molecule has 1 heteroatoms. The molecule has 0 atom stereocenters. The number of hydrogen-bond donors (Lipinski definition) is 1. The largest absolute Gasteiger partial charge is 0.390 e. The number of fused-ring (bicyclic) bond motifs is 1. The van der Waals surface area contributed by atoms with Crippen LogP contribution in [-0.4, -0.2) is 10.7 Å². The molecule has 0 fully saturated rings. The number of hydrogen-bond acceptors (Lipinski definition) is 1. The Balaban J connectivity index is 2.41. The van der Waals surface area contributed by atoms with Crippen molar-refractivity contribution < 1.29 is 5.11 Å². The van der Waals surface area contributed by atoms with E-state index in [1.165, 1.54) is 11.1 Å². The maximum atomic E-state index is 9.96. The molecule has 1 aromatic carbocycles. The van der Waals surface area contributed by atoms with E-state index in [9.17, 15) is 5.11 Å². The van der Waals surface area contributed by atoms with Crippen LogP contribution in [0.25, 0.3) is 0 Å². The number of aryl methyl sites for hydroxylation is 1. The van der Waals surface area contributed by atoms with Crippen LogP contribution < -0.4 is 0 Å². The summed E-state index contributed by atoms with van der Waals surface area (Å²) in [5, 5.41) is 9.96. The van der Waals surface area contributed by atoms with Gasteiger partial charge in [0.2, 0.25) is 0 Å². The Morgan fingerprint density at radius 2 is 1.55 bits per heavy atom. The zero-order chi connectivity index (χ0) is 17.0. The fourth-order valence-corrected chi connectivity index (χ4v) is 4.21. The van der Waals surface area contributed by atoms with Gasteiger partial charge in [-0.15, -0.1) is 0 Å². The average molecular weight is 303 g/mol. The van der Waals surface area contributed by atoms with Gasteiger partial charge in [-0.1, -0.05) is 59.7 Å².